The quantitative estimate of drug-likeness (QED) is 0.675. The Morgan fingerprint density at radius 2 is 2.00 bits per heavy atom. The van der Waals surface area contributed by atoms with Crippen molar-refractivity contribution in [2.45, 2.75) is 0 Å². The lowest BCUT2D eigenvalue weighted by Gasteiger charge is -2.04. The minimum Gasteiger partial charge on any atom is -0.484 e. The van der Waals surface area contributed by atoms with Gasteiger partial charge in [0.15, 0.2) is 18.1 Å². The summed E-state index contributed by atoms with van der Waals surface area (Å²) in [5, 5.41) is 4.48. The Bertz CT molecular complexity index is 731. The number of hydrogen-bond acceptors (Lipinski definition) is 5. The highest BCUT2D eigenvalue weighted by Gasteiger charge is 2.12. The molecule has 1 aliphatic heterocycles. The van der Waals surface area contributed by atoms with Crippen LogP contribution in [0.3, 0.4) is 0 Å². The Morgan fingerprint density at radius 3 is 2.83 bits per heavy atom. The van der Waals surface area contributed by atoms with Gasteiger partial charge in [-0.05, 0) is 48.0 Å². The summed E-state index contributed by atoms with van der Waals surface area (Å²) in [5.74, 6) is 1.55. The molecule has 1 aliphatic rings. The maximum absolute atomic E-state index is 11.6. The van der Waals surface area contributed by atoms with Crippen LogP contribution < -0.4 is 19.6 Å². The molecule has 6 nitrogen and oxygen atoms in total. The summed E-state index contributed by atoms with van der Waals surface area (Å²) in [6, 6.07) is 12.1. The molecule has 1 amide bonds. The molecule has 0 spiro atoms. The predicted octanol–water partition coefficient (Wildman–Crippen LogP) is 2.60. The van der Waals surface area contributed by atoms with Crippen molar-refractivity contribution in [3.63, 3.8) is 0 Å². The summed E-state index contributed by atoms with van der Waals surface area (Å²) in [5.41, 5.74) is 3.17. The minimum atomic E-state index is -0.364. The number of nitrogens with zero attached hydrogens (tertiary/aromatic N) is 1. The number of hydrazone groups is 1. The number of benzene rings is 2. The van der Waals surface area contributed by atoms with Crippen LogP contribution in [-0.2, 0) is 4.79 Å². The van der Waals surface area contributed by atoms with Crippen molar-refractivity contribution >= 4 is 23.7 Å². The molecule has 23 heavy (non-hydrogen) atoms. The lowest BCUT2D eigenvalue weighted by Crippen LogP contribution is -2.24. The van der Waals surface area contributed by atoms with Gasteiger partial charge in [-0.25, -0.2) is 5.43 Å². The minimum absolute atomic E-state index is 0.139. The van der Waals surface area contributed by atoms with E-state index in [0.29, 0.717) is 22.3 Å². The Labute approximate surface area is 137 Å². The molecule has 0 radical (unpaired) electrons. The number of carbonyl (C=O) groups is 1. The topological polar surface area (TPSA) is 69.2 Å². The molecule has 0 aliphatic carbocycles. The fraction of sp³-hybridized carbons (Fsp3) is 0.125. The molecule has 0 aromatic heterocycles. The van der Waals surface area contributed by atoms with Crippen molar-refractivity contribution in [1.82, 2.24) is 5.43 Å². The highest BCUT2D eigenvalue weighted by molar-refractivity contribution is 6.30. The molecular weight excluding hydrogens is 320 g/mol. The molecule has 0 atom stereocenters. The summed E-state index contributed by atoms with van der Waals surface area (Å²) < 4.78 is 15.8. The number of ether oxygens (including phenoxy) is 3. The van der Waals surface area contributed by atoms with E-state index in [1.54, 1.807) is 36.4 Å². The Hall–Kier alpha value is -2.73. The number of hydrogen-bond donors (Lipinski definition) is 1. The van der Waals surface area contributed by atoms with Crippen molar-refractivity contribution < 1.29 is 19.0 Å². The summed E-state index contributed by atoms with van der Waals surface area (Å²) in [4.78, 5) is 11.6. The summed E-state index contributed by atoms with van der Waals surface area (Å²) in [7, 11) is 0. The number of rotatable bonds is 5. The molecule has 2 aromatic rings. The first-order chi connectivity index (χ1) is 11.2. The molecule has 0 saturated heterocycles. The number of amides is 1. The van der Waals surface area contributed by atoms with Crippen molar-refractivity contribution in [1.29, 1.82) is 0 Å². The normalized spacial score (nSPS) is 12.4. The SMILES string of the molecule is O=C(COc1ccc(Cl)cc1)NN=Cc1ccc2c(c1)OCO2. The second kappa shape index (κ2) is 7.02. The van der Waals surface area contributed by atoms with Crippen LogP contribution in [0.2, 0.25) is 5.02 Å². The molecule has 118 valence electrons. The van der Waals surface area contributed by atoms with E-state index in [0.717, 1.165) is 5.56 Å². The second-order valence-electron chi connectivity index (χ2n) is 4.65. The Kier molecular flexibility index (Phi) is 4.63. The van der Waals surface area contributed by atoms with Crippen LogP contribution in [0.4, 0.5) is 0 Å². The van der Waals surface area contributed by atoms with Crippen LogP contribution in [0.25, 0.3) is 0 Å². The standard InChI is InChI=1S/C16H13ClN2O4/c17-12-2-4-13(5-3-12)21-9-16(20)19-18-8-11-1-6-14-15(7-11)23-10-22-14/h1-8H,9-10H2,(H,19,20). The first-order valence-electron chi connectivity index (χ1n) is 6.80. The zero-order valence-electron chi connectivity index (χ0n) is 12.0. The average molecular weight is 333 g/mol. The van der Waals surface area contributed by atoms with Gasteiger partial charge in [0.25, 0.3) is 5.91 Å². The fourth-order valence-corrected chi connectivity index (χ4v) is 2.01. The largest absolute Gasteiger partial charge is 0.484 e. The van der Waals surface area contributed by atoms with E-state index in [1.165, 1.54) is 6.21 Å². The molecule has 0 fully saturated rings. The molecule has 3 rings (SSSR count). The number of fused-ring (bicyclic) bond motifs is 1. The first-order valence-corrected chi connectivity index (χ1v) is 7.18. The van der Waals surface area contributed by atoms with Gasteiger partial charge >= 0.3 is 0 Å². The summed E-state index contributed by atoms with van der Waals surface area (Å²) >= 11 is 5.77. The van der Waals surface area contributed by atoms with Crippen LogP contribution in [0.1, 0.15) is 5.56 Å². The van der Waals surface area contributed by atoms with Gasteiger partial charge in [0.05, 0.1) is 6.21 Å². The molecule has 0 saturated carbocycles. The fourth-order valence-electron chi connectivity index (χ4n) is 1.88. The maximum atomic E-state index is 11.6. The number of carbonyl (C=O) groups excluding carboxylic acids is 1. The molecule has 7 heteroatoms. The highest BCUT2D eigenvalue weighted by atomic mass is 35.5. The van der Waals surface area contributed by atoms with E-state index >= 15 is 0 Å². The first kappa shape index (κ1) is 15.2. The van der Waals surface area contributed by atoms with Crippen molar-refractivity contribution in [3.05, 3.63) is 53.1 Å². The zero-order valence-corrected chi connectivity index (χ0v) is 12.7. The van der Waals surface area contributed by atoms with Gasteiger partial charge in [0.2, 0.25) is 6.79 Å². The van der Waals surface area contributed by atoms with E-state index in [9.17, 15) is 4.79 Å². The maximum Gasteiger partial charge on any atom is 0.277 e. The van der Waals surface area contributed by atoms with Crippen LogP contribution in [0.5, 0.6) is 17.2 Å². The Balaban J connectivity index is 1.47. The molecular formula is C16H13ClN2O4. The van der Waals surface area contributed by atoms with E-state index < -0.39 is 0 Å². The molecule has 0 bridgehead atoms. The summed E-state index contributed by atoms with van der Waals surface area (Å²) in [6.45, 7) is 0.0782. The smallest absolute Gasteiger partial charge is 0.277 e. The van der Waals surface area contributed by atoms with Gasteiger partial charge in [0, 0.05) is 5.02 Å². The van der Waals surface area contributed by atoms with E-state index in [2.05, 4.69) is 10.5 Å². The monoisotopic (exact) mass is 332 g/mol. The van der Waals surface area contributed by atoms with Gasteiger partial charge in [-0.2, -0.15) is 5.10 Å². The van der Waals surface area contributed by atoms with Gasteiger partial charge in [-0.3, -0.25) is 4.79 Å². The second-order valence-corrected chi connectivity index (χ2v) is 5.08. The van der Waals surface area contributed by atoms with Gasteiger partial charge in [-0.15, -0.1) is 0 Å². The third kappa shape index (κ3) is 4.14. The van der Waals surface area contributed by atoms with E-state index in [1.807, 2.05) is 6.07 Å². The predicted molar refractivity (Wildman–Crippen MR) is 85.2 cm³/mol. The van der Waals surface area contributed by atoms with Gasteiger partial charge in [0.1, 0.15) is 5.75 Å². The van der Waals surface area contributed by atoms with Gasteiger partial charge < -0.3 is 14.2 Å². The molecule has 1 N–H and O–H groups in total. The van der Waals surface area contributed by atoms with E-state index in [4.69, 9.17) is 25.8 Å². The zero-order chi connectivity index (χ0) is 16.1. The van der Waals surface area contributed by atoms with Crippen LogP contribution in [0, 0.1) is 0 Å². The lowest BCUT2D eigenvalue weighted by molar-refractivity contribution is -0.123. The van der Waals surface area contributed by atoms with Crippen molar-refractivity contribution in [2.24, 2.45) is 5.10 Å². The third-order valence-electron chi connectivity index (χ3n) is 2.98. The lowest BCUT2D eigenvalue weighted by atomic mass is 10.2. The van der Waals surface area contributed by atoms with Gasteiger partial charge in [-0.1, -0.05) is 11.6 Å². The molecule has 0 unspecified atom stereocenters. The Morgan fingerprint density at radius 1 is 1.22 bits per heavy atom. The van der Waals surface area contributed by atoms with E-state index in [-0.39, 0.29) is 19.3 Å². The number of nitrogens with one attached hydrogen (secondary N) is 1. The number of halogens is 1. The molecule has 1 heterocycles. The van der Waals surface area contributed by atoms with Crippen LogP contribution in [-0.4, -0.2) is 25.5 Å². The van der Waals surface area contributed by atoms with Crippen molar-refractivity contribution in [3.8, 4) is 17.2 Å². The highest BCUT2D eigenvalue weighted by Crippen LogP contribution is 2.31. The third-order valence-corrected chi connectivity index (χ3v) is 3.24. The van der Waals surface area contributed by atoms with Crippen LogP contribution >= 0.6 is 11.6 Å². The van der Waals surface area contributed by atoms with Crippen molar-refractivity contribution in [2.75, 3.05) is 13.4 Å². The van der Waals surface area contributed by atoms with Crippen LogP contribution in [0.15, 0.2) is 47.6 Å². The summed E-state index contributed by atoms with van der Waals surface area (Å²) in [6.07, 6.45) is 1.52. The molecule has 2 aromatic carbocycles. The average Bonchev–Trinajstić information content (AvgIpc) is 3.02.